The van der Waals surface area contributed by atoms with E-state index in [-0.39, 0.29) is 54.6 Å². The number of nitrogens with two attached hydrogens (primary N) is 1. The summed E-state index contributed by atoms with van der Waals surface area (Å²) >= 11 is 1.59. The van der Waals surface area contributed by atoms with Crippen LogP contribution in [0.3, 0.4) is 0 Å². The zero-order valence-corrected chi connectivity index (χ0v) is 43.7. The average Bonchev–Trinajstić information content (AvgIpc) is 4.21. The lowest BCUT2D eigenvalue weighted by Gasteiger charge is -2.56. The first-order valence-corrected chi connectivity index (χ1v) is 27.1. The molecule has 0 radical (unpaired) electrons. The van der Waals surface area contributed by atoms with Crippen LogP contribution in [0.4, 0.5) is 17.2 Å². The molecule has 12 rings (SSSR count). The number of β-amino-alcohol motifs (C(OH)–C–C–N with tert-alkyl or cyclic N) is 1. The molecule has 6 aliphatic heterocycles. The Kier molecular flexibility index (Phi) is 14.4. The number of ether oxygens (including phenoxy) is 2. The van der Waals surface area contributed by atoms with Crippen molar-refractivity contribution >= 4 is 40.3 Å². The van der Waals surface area contributed by atoms with Gasteiger partial charge in [-0.25, -0.2) is 9.97 Å². The number of aliphatic hydroxyl groups excluding tert-OH is 1. The molecule has 6 fully saturated rings. The number of piperazine rings is 2. The van der Waals surface area contributed by atoms with Gasteiger partial charge in [0.2, 0.25) is 17.7 Å². The number of carbonyl (C=O) groups is 2. The Balaban J connectivity index is 0.626. The second kappa shape index (κ2) is 21.4. The van der Waals surface area contributed by atoms with Crippen molar-refractivity contribution in [2.45, 2.75) is 102 Å². The van der Waals surface area contributed by atoms with E-state index in [0.717, 1.165) is 91.6 Å². The van der Waals surface area contributed by atoms with Crippen molar-refractivity contribution in [2.75, 3.05) is 74.6 Å². The third kappa shape index (κ3) is 10.4. The number of phenols is 1. The number of aromatic nitrogens is 5. The fourth-order valence-corrected chi connectivity index (χ4v) is 12.9. The first-order valence-electron chi connectivity index (χ1n) is 26.3. The van der Waals surface area contributed by atoms with Gasteiger partial charge in [0.25, 0.3) is 5.88 Å². The van der Waals surface area contributed by atoms with Gasteiger partial charge in [-0.3, -0.25) is 19.4 Å². The first-order chi connectivity index (χ1) is 36.3. The molecule has 5 N–H and O–H groups in total. The maximum Gasteiger partial charge on any atom is 0.254 e. The summed E-state index contributed by atoms with van der Waals surface area (Å²) in [5, 5.41) is 37.0. The van der Waals surface area contributed by atoms with Crippen molar-refractivity contribution in [2.24, 2.45) is 5.92 Å². The Labute approximate surface area is 440 Å². The maximum atomic E-state index is 14.3. The van der Waals surface area contributed by atoms with E-state index in [1.54, 1.807) is 29.5 Å². The topological polar surface area (TPSA) is 225 Å². The second-order valence-electron chi connectivity index (χ2n) is 21.1. The van der Waals surface area contributed by atoms with Crippen LogP contribution in [0, 0.1) is 12.8 Å². The number of fused-ring (bicyclic) bond motifs is 4. The molecule has 10 heterocycles. The zero-order valence-electron chi connectivity index (χ0n) is 42.9. The molecule has 8 atom stereocenters. The van der Waals surface area contributed by atoms with Gasteiger partial charge in [0.15, 0.2) is 11.6 Å². The summed E-state index contributed by atoms with van der Waals surface area (Å²) < 4.78 is 18.2. The van der Waals surface area contributed by atoms with Crippen molar-refractivity contribution in [1.82, 2.24) is 45.3 Å². The molecule has 75 heavy (non-hydrogen) atoms. The summed E-state index contributed by atoms with van der Waals surface area (Å²) in [4.78, 5) is 49.4. The molecule has 6 aliphatic rings. The number of likely N-dealkylation sites (tertiary alicyclic amines) is 1. The number of hydrogen-bond acceptors (Lipinski definition) is 18. The van der Waals surface area contributed by atoms with Crippen molar-refractivity contribution < 1.29 is 33.8 Å². The Hall–Kier alpha value is -6.87. The molecular weight excluding hydrogens is 973 g/mol. The van der Waals surface area contributed by atoms with E-state index in [1.165, 1.54) is 4.90 Å². The highest BCUT2D eigenvalue weighted by molar-refractivity contribution is 7.13. The molecule has 2 aromatic carbocycles. The standard InChI is InChI=1S/C55H66N12O7S/c1-32(2)51(55(71)66-30-42(68)23-46(66)54(70)59-33(3)35-9-11-36(12-10-35)52-34(4)58-31-75-52)48-25-50(62-74-48)73-19-17-63-26-40-21-41(27-63)65(40)18-20-72-49-22-37(15-16-57-49)67-38-13-14-39(67)29-64(28-38)45-24-44(60-61-53(45)56)43-7-5-6-8-47(43)69/h5-12,15-16,22,24-25,31-33,38-42,46,51,68-69H,13-14,17-21,23,26-30H2,1-4H3,(H2,56,61)(H,59,70)/t33-,38?,39?,40?,41?,42+,46-,51+/m0/s1. The number of amides is 2. The Morgan fingerprint density at radius 1 is 0.867 bits per heavy atom. The number of benzene rings is 2. The molecule has 4 bridgehead atoms. The third-order valence-electron chi connectivity index (χ3n) is 15.9. The fraction of sp³-hybridized carbons (Fsp3) is 0.473. The molecule has 6 saturated heterocycles. The fourth-order valence-electron chi connectivity index (χ4n) is 12.1. The second-order valence-corrected chi connectivity index (χ2v) is 22.0. The molecular formula is C55H66N12O7S. The number of phenolic OH excluding ortho intramolecular Hbond substituents is 1. The molecule has 4 unspecified atom stereocenters. The number of para-hydroxylation sites is 1. The normalized spacial score (nSPS) is 23.3. The smallest absolute Gasteiger partial charge is 0.254 e. The summed E-state index contributed by atoms with van der Waals surface area (Å²) in [5.41, 5.74) is 14.4. The minimum atomic E-state index is -0.829. The predicted molar refractivity (Wildman–Crippen MR) is 285 cm³/mol. The number of carbonyl (C=O) groups excluding carboxylic acids is 2. The summed E-state index contributed by atoms with van der Waals surface area (Å²) in [6, 6.07) is 23.3. The summed E-state index contributed by atoms with van der Waals surface area (Å²) in [5.74, 6) is 0.342. The van der Waals surface area contributed by atoms with Gasteiger partial charge < -0.3 is 50.0 Å². The minimum Gasteiger partial charge on any atom is -0.507 e. The number of pyridine rings is 1. The number of aliphatic hydroxyl groups is 1. The van der Waals surface area contributed by atoms with Crippen molar-refractivity contribution in [3.05, 3.63) is 102 Å². The number of hydrogen-bond donors (Lipinski definition) is 4. The first kappa shape index (κ1) is 50.3. The SMILES string of the molecule is Cc1ncsc1-c1ccc([C@H](C)NC(=O)[C@@H]2C[C@@H](O)CN2C(=O)[C@@H](c2cc(OCCN3CC4CC(C3)N4CCOc3cc(N4C5CCC4CN(c4cc(-c6ccccc6O)nnc4N)C5)ccn3)no2)C(C)C)cc1. The number of piperidine rings is 1. The van der Waals surface area contributed by atoms with Gasteiger partial charge in [-0.15, -0.1) is 21.5 Å². The number of aryl methyl sites for hydroxylation is 1. The van der Waals surface area contributed by atoms with Crippen molar-refractivity contribution in [3.63, 3.8) is 0 Å². The van der Waals surface area contributed by atoms with Crippen LogP contribution in [0.15, 0.2) is 89.0 Å². The van der Waals surface area contributed by atoms with Crippen LogP contribution in [0.25, 0.3) is 21.7 Å². The molecule has 2 amide bonds. The summed E-state index contributed by atoms with van der Waals surface area (Å²) in [7, 11) is 0. The van der Waals surface area contributed by atoms with E-state index in [0.29, 0.717) is 59.9 Å². The molecule has 394 valence electrons. The number of nitrogens with zero attached hydrogens (tertiary/aromatic N) is 10. The predicted octanol–water partition coefficient (Wildman–Crippen LogP) is 5.90. The number of thiazole rings is 1. The van der Waals surface area contributed by atoms with E-state index in [9.17, 15) is 19.8 Å². The van der Waals surface area contributed by atoms with Gasteiger partial charge in [-0.05, 0) is 79.6 Å². The number of nitrogens with one attached hydrogen (secondary N) is 1. The molecule has 0 spiro atoms. The summed E-state index contributed by atoms with van der Waals surface area (Å²) in [6.07, 6.45) is 4.45. The lowest BCUT2D eigenvalue weighted by Crippen LogP contribution is -2.69. The van der Waals surface area contributed by atoms with Crippen LogP contribution in [0.5, 0.6) is 17.5 Å². The zero-order chi connectivity index (χ0) is 51.9. The van der Waals surface area contributed by atoms with Crippen LogP contribution in [0.1, 0.15) is 75.4 Å². The van der Waals surface area contributed by atoms with Crippen molar-refractivity contribution in [3.8, 4) is 39.2 Å². The molecule has 20 heteroatoms. The number of aromatic hydroxyl groups is 1. The third-order valence-corrected chi connectivity index (χ3v) is 16.9. The largest absolute Gasteiger partial charge is 0.507 e. The number of nitrogen functional groups attached to an aromatic ring is 1. The van der Waals surface area contributed by atoms with Gasteiger partial charge >= 0.3 is 0 Å². The van der Waals surface area contributed by atoms with E-state index in [1.807, 2.05) is 81.9 Å². The van der Waals surface area contributed by atoms with Crippen LogP contribution in [-0.4, -0.2) is 157 Å². The molecule has 6 aromatic rings. The van der Waals surface area contributed by atoms with E-state index >= 15 is 0 Å². The highest BCUT2D eigenvalue weighted by Gasteiger charge is 2.46. The van der Waals surface area contributed by atoms with Crippen LogP contribution < -0.4 is 30.3 Å². The lowest BCUT2D eigenvalue weighted by molar-refractivity contribution is -0.141. The molecule has 4 aromatic heterocycles. The Bertz CT molecular complexity index is 2960. The maximum absolute atomic E-state index is 14.3. The molecule has 19 nitrogen and oxygen atoms in total. The lowest BCUT2D eigenvalue weighted by atomic mass is 9.87. The summed E-state index contributed by atoms with van der Waals surface area (Å²) in [6.45, 7) is 13.8. The number of rotatable bonds is 18. The van der Waals surface area contributed by atoms with Gasteiger partial charge in [0.05, 0.1) is 39.6 Å². The van der Waals surface area contributed by atoms with Gasteiger partial charge in [0.1, 0.15) is 30.9 Å². The van der Waals surface area contributed by atoms with Gasteiger partial charge in [-0.1, -0.05) is 50.2 Å². The highest BCUT2D eigenvalue weighted by atomic mass is 32.1. The van der Waals surface area contributed by atoms with Crippen LogP contribution in [0.2, 0.25) is 0 Å². The molecule has 0 saturated carbocycles. The van der Waals surface area contributed by atoms with Gasteiger partial charge in [-0.2, -0.15) is 0 Å². The minimum absolute atomic E-state index is 0.0539. The monoisotopic (exact) mass is 1040 g/mol. The van der Waals surface area contributed by atoms with Crippen LogP contribution >= 0.6 is 11.3 Å². The average molecular weight is 1040 g/mol. The van der Waals surface area contributed by atoms with Crippen LogP contribution in [-0.2, 0) is 9.59 Å². The Morgan fingerprint density at radius 2 is 1.61 bits per heavy atom. The quantitative estimate of drug-likeness (QED) is 0.0787. The Morgan fingerprint density at radius 3 is 2.35 bits per heavy atom. The highest BCUT2D eigenvalue weighted by Crippen LogP contribution is 2.40. The van der Waals surface area contributed by atoms with E-state index in [2.05, 4.69) is 62.4 Å². The van der Waals surface area contributed by atoms with Gasteiger partial charge in [0, 0.05) is 106 Å². The van der Waals surface area contributed by atoms with Crippen molar-refractivity contribution in [1.29, 1.82) is 0 Å². The van der Waals surface area contributed by atoms with E-state index < -0.39 is 18.1 Å². The molecule has 0 aliphatic carbocycles. The number of anilines is 3. The van der Waals surface area contributed by atoms with E-state index in [4.69, 9.17) is 19.7 Å².